The Labute approximate surface area is 176 Å². The molecule has 4 rings (SSSR count). The Kier molecular flexibility index (Phi) is 4.85. The summed E-state index contributed by atoms with van der Waals surface area (Å²) in [6.07, 6.45) is -4.79. The molecule has 2 heterocycles. The maximum atomic E-state index is 13.9. The third-order valence-corrected chi connectivity index (χ3v) is 4.86. The van der Waals surface area contributed by atoms with Gasteiger partial charge in [0.1, 0.15) is 17.2 Å². The van der Waals surface area contributed by atoms with Crippen LogP contribution < -0.4 is 4.90 Å². The summed E-state index contributed by atoms with van der Waals surface area (Å²) in [4.78, 5) is 10.4. The van der Waals surface area contributed by atoms with Crippen molar-refractivity contribution in [3.63, 3.8) is 0 Å². The molecule has 0 amide bonds. The Balaban J connectivity index is 1.93. The average Bonchev–Trinajstić information content (AvgIpc) is 3.27. The number of aryl methyl sites for hydroxylation is 1. The third kappa shape index (κ3) is 3.57. The molecule has 1 aromatic heterocycles. The lowest BCUT2D eigenvalue weighted by Crippen LogP contribution is -2.23. The van der Waals surface area contributed by atoms with Crippen LogP contribution in [0.5, 0.6) is 0 Å². The van der Waals surface area contributed by atoms with E-state index in [4.69, 9.17) is 0 Å². The highest BCUT2D eigenvalue weighted by atomic mass is 19.4. The van der Waals surface area contributed by atoms with Crippen molar-refractivity contribution in [1.82, 2.24) is 14.8 Å². The molecule has 0 aliphatic carbocycles. The summed E-state index contributed by atoms with van der Waals surface area (Å²) in [5.74, 6) is -0.415. The predicted octanol–water partition coefficient (Wildman–Crippen LogP) is 4.75. The summed E-state index contributed by atoms with van der Waals surface area (Å²) in [5, 5.41) is 13.8. The zero-order valence-electron chi connectivity index (χ0n) is 16.9. The number of hydrogen-bond acceptors (Lipinski definition) is 5. The summed E-state index contributed by atoms with van der Waals surface area (Å²) < 4.78 is 42.8. The molecule has 9 heteroatoms. The van der Waals surface area contributed by atoms with Gasteiger partial charge >= 0.3 is 6.18 Å². The smallest absolute Gasteiger partial charge is 0.378 e. The molecule has 0 bridgehead atoms. The summed E-state index contributed by atoms with van der Waals surface area (Å²) in [6, 6.07) is 15.7. The fourth-order valence-electron chi connectivity index (χ4n) is 3.30. The molecule has 0 fully saturated rings. The molecule has 2 aromatic carbocycles. The number of rotatable bonds is 3. The largest absolute Gasteiger partial charge is 0.421 e. The zero-order chi connectivity index (χ0) is 22.3. The van der Waals surface area contributed by atoms with Gasteiger partial charge in [0, 0.05) is 25.3 Å². The molecule has 0 saturated heterocycles. The van der Waals surface area contributed by atoms with Crippen LogP contribution in [0.2, 0.25) is 0 Å². The SMILES string of the molecule is Cc1cc(N(C)C)ccc1N=C1C(C(F)(F)F)=C(C#N)c2nc(-c3ccccc3)nn21. The van der Waals surface area contributed by atoms with E-state index < -0.39 is 23.2 Å². The maximum Gasteiger partial charge on any atom is 0.421 e. The van der Waals surface area contributed by atoms with Crippen LogP contribution in [0.4, 0.5) is 24.5 Å². The molecule has 31 heavy (non-hydrogen) atoms. The van der Waals surface area contributed by atoms with E-state index in [0.29, 0.717) is 16.8 Å². The van der Waals surface area contributed by atoms with E-state index in [1.807, 2.05) is 31.1 Å². The number of alkyl halides is 3. The third-order valence-electron chi connectivity index (χ3n) is 4.86. The topological polar surface area (TPSA) is 70.1 Å². The van der Waals surface area contributed by atoms with E-state index in [-0.39, 0.29) is 11.6 Å². The monoisotopic (exact) mass is 422 g/mol. The van der Waals surface area contributed by atoms with Gasteiger partial charge in [-0.25, -0.2) is 9.98 Å². The van der Waals surface area contributed by atoms with Gasteiger partial charge in [-0.2, -0.15) is 23.1 Å². The molecular weight excluding hydrogens is 405 g/mol. The lowest BCUT2D eigenvalue weighted by Gasteiger charge is -2.14. The van der Waals surface area contributed by atoms with Crippen LogP contribution in [-0.2, 0) is 0 Å². The second kappa shape index (κ2) is 7.40. The van der Waals surface area contributed by atoms with E-state index >= 15 is 0 Å². The fourth-order valence-corrected chi connectivity index (χ4v) is 3.30. The number of aliphatic imine (C=N–C) groups is 1. The molecule has 0 spiro atoms. The van der Waals surface area contributed by atoms with Crippen molar-refractivity contribution < 1.29 is 13.2 Å². The quantitative estimate of drug-likeness (QED) is 0.611. The van der Waals surface area contributed by atoms with E-state index in [2.05, 4.69) is 15.1 Å². The molecule has 6 nitrogen and oxygen atoms in total. The van der Waals surface area contributed by atoms with Crippen molar-refractivity contribution in [1.29, 1.82) is 5.26 Å². The number of nitriles is 1. The Morgan fingerprint density at radius 3 is 2.39 bits per heavy atom. The summed E-state index contributed by atoms with van der Waals surface area (Å²) >= 11 is 0. The van der Waals surface area contributed by atoms with Crippen LogP contribution in [0, 0.1) is 18.3 Å². The van der Waals surface area contributed by atoms with Crippen LogP contribution >= 0.6 is 0 Å². The van der Waals surface area contributed by atoms with Gasteiger partial charge in [-0.3, -0.25) is 0 Å². The summed E-state index contributed by atoms with van der Waals surface area (Å²) in [7, 11) is 3.74. The Hall–Kier alpha value is -3.93. The Morgan fingerprint density at radius 1 is 1.10 bits per heavy atom. The van der Waals surface area contributed by atoms with Gasteiger partial charge in [0.25, 0.3) is 0 Å². The van der Waals surface area contributed by atoms with E-state index in [1.54, 1.807) is 49.4 Å². The van der Waals surface area contributed by atoms with E-state index in [0.717, 1.165) is 10.4 Å². The van der Waals surface area contributed by atoms with Crippen molar-refractivity contribution in [3.05, 3.63) is 65.5 Å². The molecule has 0 N–H and O–H groups in total. The number of nitrogens with zero attached hydrogens (tertiary/aromatic N) is 6. The first-order valence-electron chi connectivity index (χ1n) is 9.32. The first-order chi connectivity index (χ1) is 14.7. The molecule has 0 radical (unpaired) electrons. The maximum absolute atomic E-state index is 13.9. The second-order valence-corrected chi connectivity index (χ2v) is 7.20. The Morgan fingerprint density at radius 2 is 1.81 bits per heavy atom. The second-order valence-electron chi connectivity index (χ2n) is 7.20. The number of hydrogen-bond donors (Lipinski definition) is 0. The molecule has 156 valence electrons. The van der Waals surface area contributed by atoms with Gasteiger partial charge in [0.05, 0.1) is 5.69 Å². The molecule has 0 unspecified atom stereocenters. The van der Waals surface area contributed by atoms with Crippen molar-refractivity contribution in [3.8, 4) is 17.5 Å². The number of allylic oxidation sites excluding steroid dienone is 2. The summed E-state index contributed by atoms with van der Waals surface area (Å²) in [6.45, 7) is 1.77. The van der Waals surface area contributed by atoms with Crippen molar-refractivity contribution in [2.24, 2.45) is 4.99 Å². The Bertz CT molecular complexity index is 1260. The van der Waals surface area contributed by atoms with Gasteiger partial charge in [-0.1, -0.05) is 30.3 Å². The lowest BCUT2D eigenvalue weighted by atomic mass is 10.1. The number of anilines is 1. The molecule has 1 aliphatic rings. The first-order valence-corrected chi connectivity index (χ1v) is 9.32. The number of aromatic nitrogens is 3. The van der Waals surface area contributed by atoms with Gasteiger partial charge in [-0.15, -0.1) is 5.10 Å². The minimum Gasteiger partial charge on any atom is -0.378 e. The van der Waals surface area contributed by atoms with Gasteiger partial charge in [0.15, 0.2) is 17.5 Å². The normalized spacial score (nSPS) is 14.7. The van der Waals surface area contributed by atoms with E-state index in [9.17, 15) is 18.4 Å². The number of halogens is 3. The van der Waals surface area contributed by atoms with Crippen molar-refractivity contribution in [2.45, 2.75) is 13.1 Å². The standard InChI is InChI=1S/C22H17F3N6/c1-13-11-15(30(2)3)9-10-17(13)27-21-18(22(23,24)25)16(12-26)20-28-19(29-31(20)21)14-7-5-4-6-8-14/h4-11H,1-3H3. The molecule has 1 aliphatic heterocycles. The van der Waals surface area contributed by atoms with Crippen LogP contribution in [0.1, 0.15) is 11.4 Å². The highest BCUT2D eigenvalue weighted by Crippen LogP contribution is 2.39. The fraction of sp³-hybridized carbons (Fsp3) is 0.182. The number of benzene rings is 2. The molecule has 3 aromatic rings. The lowest BCUT2D eigenvalue weighted by molar-refractivity contribution is -0.0854. The highest BCUT2D eigenvalue weighted by Gasteiger charge is 2.47. The molecule has 0 atom stereocenters. The minimum absolute atomic E-state index is 0.171. The van der Waals surface area contributed by atoms with Gasteiger partial charge < -0.3 is 4.90 Å². The van der Waals surface area contributed by atoms with Crippen LogP contribution in [-0.4, -0.2) is 40.9 Å². The zero-order valence-corrected chi connectivity index (χ0v) is 16.9. The highest BCUT2D eigenvalue weighted by molar-refractivity contribution is 6.15. The van der Waals surface area contributed by atoms with Gasteiger partial charge in [-0.05, 0) is 30.7 Å². The predicted molar refractivity (Wildman–Crippen MR) is 112 cm³/mol. The minimum atomic E-state index is -4.79. The number of fused-ring (bicyclic) bond motifs is 1. The van der Waals surface area contributed by atoms with Crippen LogP contribution in [0.25, 0.3) is 17.0 Å². The van der Waals surface area contributed by atoms with Crippen molar-refractivity contribution in [2.75, 3.05) is 19.0 Å². The molecular formula is C22H17F3N6. The van der Waals surface area contributed by atoms with E-state index in [1.165, 1.54) is 0 Å². The first kappa shape index (κ1) is 20.3. The van der Waals surface area contributed by atoms with Crippen LogP contribution in [0.3, 0.4) is 0 Å². The summed E-state index contributed by atoms with van der Waals surface area (Å²) in [5.41, 5.74) is 0.829. The average molecular weight is 422 g/mol. The van der Waals surface area contributed by atoms with Crippen LogP contribution in [0.15, 0.2) is 59.1 Å². The molecule has 0 saturated carbocycles. The van der Waals surface area contributed by atoms with Gasteiger partial charge in [0.2, 0.25) is 0 Å². The van der Waals surface area contributed by atoms with Crippen molar-refractivity contribution >= 4 is 22.8 Å².